The van der Waals surface area contributed by atoms with Crippen LogP contribution in [0.3, 0.4) is 0 Å². The van der Waals surface area contributed by atoms with Crippen molar-refractivity contribution >= 4 is 17.6 Å². The van der Waals surface area contributed by atoms with Crippen molar-refractivity contribution < 1.29 is 14.3 Å². The van der Waals surface area contributed by atoms with Crippen LogP contribution in [-0.2, 0) is 14.3 Å². The molecular formula is C13H17ClN2O3. The van der Waals surface area contributed by atoms with Crippen LogP contribution in [-0.4, -0.2) is 31.2 Å². The van der Waals surface area contributed by atoms with Crippen molar-refractivity contribution in [3.05, 3.63) is 34.9 Å². The third-order valence-electron chi connectivity index (χ3n) is 3.06. The minimum atomic E-state index is -0.531. The van der Waals surface area contributed by atoms with E-state index in [1.807, 2.05) is 13.0 Å². The summed E-state index contributed by atoms with van der Waals surface area (Å²) >= 11 is 6.36. The number of ether oxygens (including phenoxy) is 2. The third-order valence-corrected chi connectivity index (χ3v) is 3.55. The van der Waals surface area contributed by atoms with E-state index in [1.165, 1.54) is 0 Å². The van der Waals surface area contributed by atoms with Gasteiger partial charge in [0.2, 0.25) is 0 Å². The maximum absolute atomic E-state index is 11.8. The molecule has 19 heavy (non-hydrogen) atoms. The third kappa shape index (κ3) is 2.56. The van der Waals surface area contributed by atoms with Gasteiger partial charge in [0.25, 0.3) is 0 Å². The average molecular weight is 285 g/mol. The van der Waals surface area contributed by atoms with Crippen LogP contribution in [0.4, 0.5) is 0 Å². The monoisotopic (exact) mass is 284 g/mol. The van der Waals surface area contributed by atoms with E-state index in [-0.39, 0.29) is 6.17 Å². The molecule has 0 radical (unpaired) electrons. The molecule has 2 aliphatic heterocycles. The number of fused-ring (bicyclic) bond motifs is 1. The number of carbonyl (C=O) groups is 1. The van der Waals surface area contributed by atoms with Crippen LogP contribution < -0.4 is 10.6 Å². The number of methoxy groups -OCH3 is 1. The molecule has 0 aromatic rings. The summed E-state index contributed by atoms with van der Waals surface area (Å²) in [6.07, 6.45) is 3.34. The summed E-state index contributed by atoms with van der Waals surface area (Å²) in [5, 5.41) is 5.80. The number of rotatable bonds is 3. The summed E-state index contributed by atoms with van der Waals surface area (Å²) in [4.78, 5) is 11.8. The van der Waals surface area contributed by atoms with Gasteiger partial charge in [0.1, 0.15) is 11.9 Å². The fourth-order valence-electron chi connectivity index (χ4n) is 2.09. The van der Waals surface area contributed by atoms with Crippen LogP contribution in [0.5, 0.6) is 0 Å². The quantitative estimate of drug-likeness (QED) is 0.606. The molecule has 0 spiro atoms. The van der Waals surface area contributed by atoms with Crippen molar-refractivity contribution in [2.75, 3.05) is 13.7 Å². The molecular weight excluding hydrogens is 268 g/mol. The van der Waals surface area contributed by atoms with E-state index in [9.17, 15) is 4.79 Å². The zero-order chi connectivity index (χ0) is 14.0. The number of nitrogens with one attached hydrogen (secondary N) is 2. The molecule has 2 atom stereocenters. The number of carbonyl (C=O) groups excluding carboxylic acids is 1. The first-order valence-corrected chi connectivity index (χ1v) is 6.52. The Bertz CT molecular complexity index is 482. The second-order valence-electron chi connectivity index (χ2n) is 4.26. The Balaban J connectivity index is 2.27. The van der Waals surface area contributed by atoms with Gasteiger partial charge in [-0.3, -0.25) is 0 Å². The van der Waals surface area contributed by atoms with Crippen molar-refractivity contribution in [3.63, 3.8) is 0 Å². The predicted molar refractivity (Wildman–Crippen MR) is 72.2 cm³/mol. The minimum Gasteiger partial charge on any atom is -0.495 e. The van der Waals surface area contributed by atoms with E-state index in [2.05, 4.69) is 10.6 Å². The molecule has 2 heterocycles. The van der Waals surface area contributed by atoms with E-state index in [1.54, 1.807) is 20.2 Å². The largest absolute Gasteiger partial charge is 0.495 e. The average Bonchev–Trinajstić information content (AvgIpc) is 2.38. The van der Waals surface area contributed by atoms with Gasteiger partial charge in [-0.05, 0) is 25.5 Å². The topological polar surface area (TPSA) is 59.6 Å². The van der Waals surface area contributed by atoms with Crippen molar-refractivity contribution in [3.8, 4) is 0 Å². The smallest absolute Gasteiger partial charge is 0.337 e. The van der Waals surface area contributed by atoms with Crippen LogP contribution in [0.25, 0.3) is 0 Å². The molecule has 0 saturated carbocycles. The molecule has 2 rings (SSSR count). The summed E-state index contributed by atoms with van der Waals surface area (Å²) < 4.78 is 10.2. The highest BCUT2D eigenvalue weighted by molar-refractivity contribution is 6.27. The van der Waals surface area contributed by atoms with Gasteiger partial charge in [-0.1, -0.05) is 0 Å². The second-order valence-corrected chi connectivity index (χ2v) is 4.70. The van der Waals surface area contributed by atoms with Crippen LogP contribution in [0.1, 0.15) is 13.8 Å². The molecule has 2 unspecified atom stereocenters. The van der Waals surface area contributed by atoms with Crippen LogP contribution in [0, 0.1) is 0 Å². The van der Waals surface area contributed by atoms with Gasteiger partial charge < -0.3 is 20.1 Å². The van der Waals surface area contributed by atoms with Gasteiger partial charge >= 0.3 is 5.97 Å². The zero-order valence-electron chi connectivity index (χ0n) is 11.1. The lowest BCUT2D eigenvalue weighted by Gasteiger charge is -2.34. The molecule has 0 aromatic heterocycles. The van der Waals surface area contributed by atoms with Gasteiger partial charge in [0.15, 0.2) is 0 Å². The van der Waals surface area contributed by atoms with E-state index in [0.717, 1.165) is 11.3 Å². The first-order chi connectivity index (χ1) is 9.08. The number of hydrogen-bond donors (Lipinski definition) is 2. The van der Waals surface area contributed by atoms with Crippen LogP contribution in [0.2, 0.25) is 0 Å². The van der Waals surface area contributed by atoms with Crippen molar-refractivity contribution in [1.82, 2.24) is 10.6 Å². The van der Waals surface area contributed by atoms with E-state index >= 15 is 0 Å². The molecule has 104 valence electrons. The Morgan fingerprint density at radius 3 is 2.89 bits per heavy atom. The highest BCUT2D eigenvalue weighted by Crippen LogP contribution is 2.30. The van der Waals surface area contributed by atoms with E-state index in [0.29, 0.717) is 17.9 Å². The molecule has 0 bridgehead atoms. The van der Waals surface area contributed by atoms with Gasteiger partial charge in [-0.2, -0.15) is 0 Å². The highest BCUT2D eigenvalue weighted by atomic mass is 35.5. The second kappa shape index (κ2) is 5.57. The molecule has 0 fully saturated rings. The Labute approximate surface area is 117 Å². The molecule has 5 nitrogen and oxygen atoms in total. The Hall–Kier alpha value is -1.62. The Morgan fingerprint density at radius 2 is 2.26 bits per heavy atom. The maximum atomic E-state index is 11.8. The van der Waals surface area contributed by atoms with Crippen LogP contribution >= 0.6 is 11.6 Å². The number of hydrogen-bond acceptors (Lipinski definition) is 5. The van der Waals surface area contributed by atoms with Crippen molar-refractivity contribution in [2.45, 2.75) is 25.4 Å². The summed E-state index contributed by atoms with van der Waals surface area (Å²) in [5.74, 6) is 0.309. The summed E-state index contributed by atoms with van der Waals surface area (Å²) in [5.41, 5.74) is 2.16. The van der Waals surface area contributed by atoms with Gasteiger partial charge in [-0.25, -0.2) is 4.79 Å². The fraction of sp³-hybridized carbons (Fsp3) is 0.462. The molecule has 0 aliphatic carbocycles. The molecule has 2 N–H and O–H groups in total. The summed E-state index contributed by atoms with van der Waals surface area (Å²) in [7, 11) is 1.60. The lowest BCUT2D eigenvalue weighted by Crippen LogP contribution is -2.49. The number of dihydropyridines is 1. The van der Waals surface area contributed by atoms with E-state index in [4.69, 9.17) is 21.1 Å². The minimum absolute atomic E-state index is 0.125. The van der Waals surface area contributed by atoms with Crippen molar-refractivity contribution in [1.29, 1.82) is 0 Å². The first-order valence-electron chi connectivity index (χ1n) is 6.08. The van der Waals surface area contributed by atoms with E-state index < -0.39 is 11.3 Å². The Morgan fingerprint density at radius 1 is 1.53 bits per heavy atom. The van der Waals surface area contributed by atoms with Gasteiger partial charge in [0.05, 0.1) is 30.4 Å². The lowest BCUT2D eigenvalue weighted by molar-refractivity contribution is -0.138. The van der Waals surface area contributed by atoms with Crippen molar-refractivity contribution in [2.24, 2.45) is 0 Å². The predicted octanol–water partition coefficient (Wildman–Crippen LogP) is 1.38. The number of allylic oxidation sites excluding steroid dienone is 2. The molecule has 0 aromatic carbocycles. The zero-order valence-corrected chi connectivity index (χ0v) is 11.9. The SMILES string of the molecule is CCOC(=O)C1=CNC2NC(C)=C(OC)C=C2C1Cl. The molecule has 2 aliphatic rings. The summed E-state index contributed by atoms with van der Waals surface area (Å²) in [6.45, 7) is 4.00. The fourth-order valence-corrected chi connectivity index (χ4v) is 2.43. The normalized spacial score (nSPS) is 25.5. The van der Waals surface area contributed by atoms with Crippen LogP contribution in [0.15, 0.2) is 34.9 Å². The van der Waals surface area contributed by atoms with Gasteiger partial charge in [-0.15, -0.1) is 11.6 Å². The van der Waals surface area contributed by atoms with Gasteiger partial charge in [0, 0.05) is 6.20 Å². The standard InChI is InChI=1S/C13H17ClN2O3/c1-4-19-13(17)9-6-15-12-8(11(9)14)5-10(18-3)7(2)16-12/h5-6,11-12,15-16H,4H2,1-3H3. The first kappa shape index (κ1) is 13.8. The molecule has 0 saturated heterocycles. The number of esters is 1. The molecule has 0 amide bonds. The molecule has 6 heteroatoms. The lowest BCUT2D eigenvalue weighted by atomic mass is 9.96. The Kier molecular flexibility index (Phi) is 4.04. The maximum Gasteiger partial charge on any atom is 0.337 e. The number of alkyl halides is 1. The highest BCUT2D eigenvalue weighted by Gasteiger charge is 2.34. The summed E-state index contributed by atoms with van der Waals surface area (Å²) in [6, 6.07) is 0. The number of halogens is 1.